The Kier molecular flexibility index (Phi) is 2.72. The summed E-state index contributed by atoms with van der Waals surface area (Å²) in [4.78, 5) is 15.9. The average Bonchev–Trinajstić information content (AvgIpc) is 2.65. The minimum atomic E-state index is -0.126. The van der Waals surface area contributed by atoms with E-state index in [2.05, 4.69) is 4.98 Å². The molecule has 0 atom stereocenters. The second-order valence-electron chi connectivity index (χ2n) is 3.54. The Bertz CT molecular complexity index is 517. The Labute approximate surface area is 93.2 Å². The molecule has 4 heteroatoms. The number of carbonyl (C=O) groups is 1. The lowest BCUT2D eigenvalue weighted by molar-refractivity contribution is 0.0968. The number of imidazole rings is 1. The number of phenolic OH excluding ortho intramolecular Hbond substituents is 1. The van der Waals surface area contributed by atoms with E-state index in [1.165, 1.54) is 6.07 Å². The van der Waals surface area contributed by atoms with E-state index in [9.17, 15) is 9.90 Å². The maximum absolute atomic E-state index is 11.9. The summed E-state index contributed by atoms with van der Waals surface area (Å²) in [6.45, 7) is 2.03. The molecule has 1 heterocycles. The van der Waals surface area contributed by atoms with Gasteiger partial charge in [0.25, 0.3) is 0 Å². The molecule has 1 aromatic carbocycles. The number of ketones is 1. The van der Waals surface area contributed by atoms with E-state index < -0.39 is 0 Å². The van der Waals surface area contributed by atoms with Crippen LogP contribution in [0.25, 0.3) is 0 Å². The summed E-state index contributed by atoms with van der Waals surface area (Å²) >= 11 is 0. The molecule has 2 aromatic rings. The molecule has 0 saturated carbocycles. The summed E-state index contributed by atoms with van der Waals surface area (Å²) in [6.07, 6.45) is 3.39. The molecule has 0 unspecified atom stereocenters. The zero-order chi connectivity index (χ0) is 11.5. The quantitative estimate of drug-likeness (QED) is 0.795. The van der Waals surface area contributed by atoms with Crippen LogP contribution in [-0.4, -0.2) is 20.4 Å². The molecule has 16 heavy (non-hydrogen) atoms. The first-order chi connectivity index (χ1) is 7.68. The predicted octanol–water partition coefficient (Wildman–Crippen LogP) is 1.78. The lowest BCUT2D eigenvalue weighted by atomic mass is 10.1. The normalized spacial score (nSPS) is 10.3. The van der Waals surface area contributed by atoms with Crippen molar-refractivity contribution in [3.63, 3.8) is 0 Å². The number of aromatic hydroxyl groups is 1. The van der Waals surface area contributed by atoms with Gasteiger partial charge < -0.3 is 9.67 Å². The van der Waals surface area contributed by atoms with Gasteiger partial charge in [-0.05, 0) is 19.1 Å². The van der Waals surface area contributed by atoms with Gasteiger partial charge >= 0.3 is 0 Å². The summed E-state index contributed by atoms with van der Waals surface area (Å²) in [5, 5.41) is 9.53. The van der Waals surface area contributed by atoms with Gasteiger partial charge in [-0.2, -0.15) is 0 Å². The van der Waals surface area contributed by atoms with Gasteiger partial charge in [-0.15, -0.1) is 0 Å². The highest BCUT2D eigenvalue weighted by Crippen LogP contribution is 2.16. The second-order valence-corrected chi connectivity index (χ2v) is 3.54. The fourth-order valence-electron chi connectivity index (χ4n) is 1.52. The van der Waals surface area contributed by atoms with Crippen molar-refractivity contribution in [1.82, 2.24) is 9.55 Å². The molecule has 4 nitrogen and oxygen atoms in total. The van der Waals surface area contributed by atoms with Gasteiger partial charge in [-0.1, -0.05) is 12.1 Å². The van der Waals surface area contributed by atoms with Crippen LogP contribution in [0.2, 0.25) is 0 Å². The number of nitrogens with zero attached hydrogens (tertiary/aromatic N) is 2. The molecule has 1 N–H and O–H groups in total. The van der Waals surface area contributed by atoms with Gasteiger partial charge in [0.1, 0.15) is 11.6 Å². The SMILES string of the molecule is Cc1nccn1CC(=O)c1ccccc1O. The van der Waals surface area contributed by atoms with Crippen molar-refractivity contribution in [3.8, 4) is 5.75 Å². The van der Waals surface area contributed by atoms with Crippen LogP contribution in [0.3, 0.4) is 0 Å². The molecule has 0 amide bonds. The summed E-state index contributed by atoms with van der Waals surface area (Å²) in [7, 11) is 0. The van der Waals surface area contributed by atoms with Gasteiger partial charge in [-0.25, -0.2) is 4.98 Å². The highest BCUT2D eigenvalue weighted by Gasteiger charge is 2.11. The summed E-state index contributed by atoms with van der Waals surface area (Å²) in [6, 6.07) is 6.54. The Morgan fingerprint density at radius 1 is 1.44 bits per heavy atom. The Morgan fingerprint density at radius 3 is 2.81 bits per heavy atom. The van der Waals surface area contributed by atoms with Gasteiger partial charge in [0.15, 0.2) is 5.78 Å². The number of rotatable bonds is 3. The monoisotopic (exact) mass is 216 g/mol. The van der Waals surface area contributed by atoms with Crippen LogP contribution in [-0.2, 0) is 6.54 Å². The number of benzene rings is 1. The molecule has 0 radical (unpaired) electrons. The van der Waals surface area contributed by atoms with Crippen molar-refractivity contribution >= 4 is 5.78 Å². The number of aryl methyl sites for hydroxylation is 1. The predicted molar refractivity (Wildman–Crippen MR) is 59.4 cm³/mol. The third kappa shape index (κ3) is 1.95. The average molecular weight is 216 g/mol. The third-order valence-corrected chi connectivity index (χ3v) is 2.44. The van der Waals surface area contributed by atoms with Gasteiger partial charge in [0.05, 0.1) is 12.1 Å². The number of hydrogen-bond acceptors (Lipinski definition) is 3. The molecule has 0 saturated heterocycles. The van der Waals surface area contributed by atoms with Crippen LogP contribution in [0.4, 0.5) is 0 Å². The van der Waals surface area contributed by atoms with Crippen molar-refractivity contribution in [2.75, 3.05) is 0 Å². The second kappa shape index (κ2) is 4.18. The van der Waals surface area contributed by atoms with Crippen LogP contribution in [0, 0.1) is 6.92 Å². The number of aromatic nitrogens is 2. The zero-order valence-electron chi connectivity index (χ0n) is 8.92. The van der Waals surface area contributed by atoms with E-state index in [0.717, 1.165) is 5.82 Å². The smallest absolute Gasteiger partial charge is 0.186 e. The number of carbonyl (C=O) groups excluding carboxylic acids is 1. The van der Waals surface area contributed by atoms with Crippen molar-refractivity contribution in [3.05, 3.63) is 48.0 Å². The summed E-state index contributed by atoms with van der Waals surface area (Å²) < 4.78 is 1.74. The lowest BCUT2D eigenvalue weighted by Crippen LogP contribution is -2.11. The van der Waals surface area contributed by atoms with E-state index in [4.69, 9.17) is 0 Å². The molecule has 2 rings (SSSR count). The molecular formula is C12H12N2O2. The van der Waals surface area contributed by atoms with Crippen molar-refractivity contribution in [2.24, 2.45) is 0 Å². The molecule has 0 aliphatic rings. The Morgan fingerprint density at radius 2 is 2.19 bits per heavy atom. The molecule has 1 aromatic heterocycles. The highest BCUT2D eigenvalue weighted by molar-refractivity contribution is 5.98. The maximum atomic E-state index is 11.9. The third-order valence-electron chi connectivity index (χ3n) is 2.44. The largest absolute Gasteiger partial charge is 0.507 e. The number of phenols is 1. The first-order valence-electron chi connectivity index (χ1n) is 4.97. The summed E-state index contributed by atoms with van der Waals surface area (Å²) in [5.41, 5.74) is 0.343. The number of para-hydroxylation sites is 1. The molecule has 0 bridgehead atoms. The van der Waals surface area contributed by atoms with Crippen molar-refractivity contribution in [2.45, 2.75) is 13.5 Å². The standard InChI is InChI=1S/C12H12N2O2/c1-9-13-6-7-14(9)8-12(16)10-4-2-3-5-11(10)15/h2-7,15H,8H2,1H3. The minimum Gasteiger partial charge on any atom is -0.507 e. The molecule has 0 fully saturated rings. The first kappa shape index (κ1) is 10.4. The van der Waals surface area contributed by atoms with Gasteiger partial charge in [0.2, 0.25) is 0 Å². The fourth-order valence-corrected chi connectivity index (χ4v) is 1.52. The Hall–Kier alpha value is -2.10. The number of hydrogen-bond donors (Lipinski definition) is 1. The van der Waals surface area contributed by atoms with E-state index in [1.807, 2.05) is 6.92 Å². The highest BCUT2D eigenvalue weighted by atomic mass is 16.3. The Balaban J connectivity index is 2.22. The van der Waals surface area contributed by atoms with Crippen LogP contribution >= 0.6 is 0 Å². The molecule has 0 aliphatic carbocycles. The van der Waals surface area contributed by atoms with E-state index >= 15 is 0 Å². The van der Waals surface area contributed by atoms with Crippen LogP contribution in [0.15, 0.2) is 36.7 Å². The molecular weight excluding hydrogens is 204 g/mol. The van der Waals surface area contributed by atoms with E-state index in [1.54, 1.807) is 35.2 Å². The first-order valence-corrected chi connectivity index (χ1v) is 4.97. The minimum absolute atomic E-state index is 0.0188. The van der Waals surface area contributed by atoms with Crippen LogP contribution < -0.4 is 0 Å². The molecule has 0 aliphatic heterocycles. The van der Waals surface area contributed by atoms with Crippen LogP contribution in [0.5, 0.6) is 5.75 Å². The van der Waals surface area contributed by atoms with E-state index in [-0.39, 0.29) is 18.1 Å². The zero-order valence-corrected chi connectivity index (χ0v) is 8.92. The van der Waals surface area contributed by atoms with Crippen LogP contribution in [0.1, 0.15) is 16.2 Å². The van der Waals surface area contributed by atoms with Gasteiger partial charge in [-0.3, -0.25) is 4.79 Å². The molecule has 82 valence electrons. The van der Waals surface area contributed by atoms with Crippen molar-refractivity contribution < 1.29 is 9.90 Å². The number of Topliss-reactive ketones (excluding diaryl/α,β-unsaturated/α-hetero) is 1. The van der Waals surface area contributed by atoms with E-state index in [0.29, 0.717) is 5.56 Å². The topological polar surface area (TPSA) is 55.1 Å². The lowest BCUT2D eigenvalue weighted by Gasteiger charge is -2.05. The summed E-state index contributed by atoms with van der Waals surface area (Å²) in [5.74, 6) is 0.674. The van der Waals surface area contributed by atoms with Gasteiger partial charge in [0, 0.05) is 12.4 Å². The molecule has 0 spiro atoms. The maximum Gasteiger partial charge on any atom is 0.186 e. The fraction of sp³-hybridized carbons (Fsp3) is 0.167. The van der Waals surface area contributed by atoms with Crippen molar-refractivity contribution in [1.29, 1.82) is 0 Å².